The Morgan fingerprint density at radius 2 is 1.95 bits per heavy atom. The van der Waals surface area contributed by atoms with Gasteiger partial charge >= 0.3 is 0 Å². The molecule has 0 aliphatic heterocycles. The van der Waals surface area contributed by atoms with Gasteiger partial charge in [-0.1, -0.05) is 26.8 Å². The number of aliphatic hydroxyl groups is 1. The number of rotatable bonds is 6. The summed E-state index contributed by atoms with van der Waals surface area (Å²) in [5, 5.41) is 19.0. The van der Waals surface area contributed by atoms with Gasteiger partial charge in [-0.05, 0) is 37.1 Å². The van der Waals surface area contributed by atoms with E-state index in [-0.39, 0.29) is 24.0 Å². The second kappa shape index (κ2) is 9.72. The summed E-state index contributed by atoms with van der Waals surface area (Å²) in [6.07, 6.45) is 1.07. The van der Waals surface area contributed by atoms with Gasteiger partial charge in [-0.3, -0.25) is 0 Å². The summed E-state index contributed by atoms with van der Waals surface area (Å²) < 4.78 is 0. The molecule has 4 nitrogen and oxygen atoms in total. The Morgan fingerprint density at radius 1 is 1.27 bits per heavy atom. The van der Waals surface area contributed by atoms with E-state index < -0.39 is 5.60 Å². The highest BCUT2D eigenvalue weighted by Gasteiger charge is 2.24. The Bertz CT molecular complexity index is 439. The molecule has 0 aliphatic rings. The molecule has 0 saturated heterocycles. The Kier molecular flexibility index (Phi) is 9.57. The topological polar surface area (TPSA) is 56.7 Å². The van der Waals surface area contributed by atoms with Crippen LogP contribution in [0.15, 0.2) is 22.5 Å². The normalized spacial score (nSPS) is 14.9. The quantitative estimate of drug-likeness (QED) is 0.361. The Balaban J connectivity index is 0.00000441. The van der Waals surface area contributed by atoms with Crippen molar-refractivity contribution < 1.29 is 5.11 Å². The molecule has 0 bridgehead atoms. The molecule has 3 N–H and O–H groups in total. The highest BCUT2D eigenvalue weighted by atomic mass is 127. The number of aliphatic imine (C=N–C) groups is 1. The van der Waals surface area contributed by atoms with E-state index in [4.69, 9.17) is 0 Å². The van der Waals surface area contributed by atoms with Gasteiger partial charge in [0.25, 0.3) is 0 Å². The molecule has 0 amide bonds. The van der Waals surface area contributed by atoms with Crippen molar-refractivity contribution in [1.29, 1.82) is 0 Å². The van der Waals surface area contributed by atoms with E-state index in [2.05, 4.69) is 36.4 Å². The van der Waals surface area contributed by atoms with Crippen LogP contribution in [-0.4, -0.2) is 30.7 Å². The van der Waals surface area contributed by atoms with Crippen LogP contribution in [0.3, 0.4) is 0 Å². The number of nitrogens with zero attached hydrogens (tertiary/aromatic N) is 1. The predicted octanol–water partition coefficient (Wildman–Crippen LogP) is 3.56. The summed E-state index contributed by atoms with van der Waals surface area (Å²) >= 11 is 1.56. The molecule has 0 saturated carbocycles. The largest absolute Gasteiger partial charge is 0.383 e. The average molecular weight is 439 g/mol. The molecule has 1 atom stereocenters. The molecule has 6 heteroatoms. The van der Waals surface area contributed by atoms with Gasteiger partial charge in [0.2, 0.25) is 0 Å². The van der Waals surface area contributed by atoms with Crippen LogP contribution in [0.25, 0.3) is 0 Å². The highest BCUT2D eigenvalue weighted by Crippen LogP contribution is 2.25. The lowest BCUT2D eigenvalue weighted by atomic mass is 9.92. The molecule has 128 valence electrons. The fourth-order valence-electron chi connectivity index (χ4n) is 1.79. The number of hydrogen-bond acceptors (Lipinski definition) is 3. The van der Waals surface area contributed by atoms with Gasteiger partial charge in [0.1, 0.15) is 5.60 Å². The van der Waals surface area contributed by atoms with Crippen LogP contribution >= 0.6 is 35.3 Å². The molecular formula is C16H30IN3OS. The summed E-state index contributed by atoms with van der Waals surface area (Å²) in [5.41, 5.74) is -0.618. The third kappa shape index (κ3) is 8.33. The molecule has 1 aromatic heterocycles. The molecule has 0 spiro atoms. The maximum absolute atomic E-state index is 10.5. The molecule has 1 aromatic rings. The molecule has 0 aliphatic carbocycles. The van der Waals surface area contributed by atoms with Crippen molar-refractivity contribution in [3.05, 3.63) is 22.4 Å². The maximum Gasteiger partial charge on any atom is 0.191 e. The molecule has 0 radical (unpaired) electrons. The monoisotopic (exact) mass is 439 g/mol. The van der Waals surface area contributed by atoms with Crippen molar-refractivity contribution in [3.63, 3.8) is 0 Å². The molecular weight excluding hydrogens is 409 g/mol. The number of halogens is 1. The minimum Gasteiger partial charge on any atom is -0.383 e. The lowest BCUT2D eigenvalue weighted by Gasteiger charge is -2.22. The summed E-state index contributed by atoms with van der Waals surface area (Å²) in [6.45, 7) is 12.5. The van der Waals surface area contributed by atoms with Crippen LogP contribution < -0.4 is 10.6 Å². The zero-order valence-corrected chi connectivity index (χ0v) is 17.4. The number of guanidine groups is 1. The third-order valence-electron chi connectivity index (χ3n) is 3.11. The summed E-state index contributed by atoms with van der Waals surface area (Å²) in [5.74, 6) is 0.763. The standard InChI is InChI=1S/C16H29N3OS.HI/c1-6-17-14(18-10-9-15(2,3)4)19-12-16(5,20)13-8-7-11-21-13;/h7-8,11,20H,6,9-10,12H2,1-5H3,(H2,17,18,19);1H. The zero-order chi connectivity index (χ0) is 15.9. The van der Waals surface area contributed by atoms with E-state index in [1.54, 1.807) is 18.3 Å². The van der Waals surface area contributed by atoms with Gasteiger partial charge in [0.15, 0.2) is 5.96 Å². The van der Waals surface area contributed by atoms with E-state index in [0.29, 0.717) is 12.0 Å². The van der Waals surface area contributed by atoms with Crippen LogP contribution in [-0.2, 0) is 5.60 Å². The average Bonchev–Trinajstić information content (AvgIpc) is 2.89. The van der Waals surface area contributed by atoms with E-state index in [1.807, 2.05) is 24.4 Å². The first-order valence-electron chi connectivity index (χ1n) is 7.53. The minimum atomic E-state index is -0.916. The smallest absolute Gasteiger partial charge is 0.191 e. The second-order valence-electron chi connectivity index (χ2n) is 6.68. The molecule has 1 heterocycles. The summed E-state index contributed by atoms with van der Waals surface area (Å²) in [4.78, 5) is 5.45. The summed E-state index contributed by atoms with van der Waals surface area (Å²) in [6, 6.07) is 3.89. The Hall–Kier alpha value is -0.340. The SMILES string of the molecule is CCNC(=NCC(C)(O)c1cccs1)NCCC(C)(C)C.I. The van der Waals surface area contributed by atoms with Crippen molar-refractivity contribution in [2.75, 3.05) is 19.6 Å². The van der Waals surface area contributed by atoms with E-state index in [9.17, 15) is 5.11 Å². The molecule has 0 aromatic carbocycles. The Morgan fingerprint density at radius 3 is 2.45 bits per heavy atom. The lowest BCUT2D eigenvalue weighted by Crippen LogP contribution is -2.40. The van der Waals surface area contributed by atoms with Gasteiger partial charge in [0, 0.05) is 18.0 Å². The maximum atomic E-state index is 10.5. The van der Waals surface area contributed by atoms with Crippen LogP contribution in [0, 0.1) is 5.41 Å². The van der Waals surface area contributed by atoms with Crippen molar-refractivity contribution >= 4 is 41.3 Å². The number of thiophene rings is 1. The minimum absolute atomic E-state index is 0. The lowest BCUT2D eigenvalue weighted by molar-refractivity contribution is 0.0711. The van der Waals surface area contributed by atoms with Gasteiger partial charge in [0.05, 0.1) is 6.54 Å². The van der Waals surface area contributed by atoms with E-state index >= 15 is 0 Å². The van der Waals surface area contributed by atoms with Gasteiger partial charge in [-0.2, -0.15) is 0 Å². The van der Waals surface area contributed by atoms with Gasteiger partial charge in [-0.25, -0.2) is 4.99 Å². The summed E-state index contributed by atoms with van der Waals surface area (Å²) in [7, 11) is 0. The predicted molar refractivity (Wildman–Crippen MR) is 107 cm³/mol. The molecule has 1 rings (SSSR count). The first-order chi connectivity index (χ1) is 9.74. The number of nitrogens with one attached hydrogen (secondary N) is 2. The molecule has 0 fully saturated rings. The van der Waals surface area contributed by atoms with Crippen LogP contribution in [0.1, 0.15) is 45.9 Å². The van der Waals surface area contributed by atoms with E-state index in [1.165, 1.54) is 0 Å². The molecule has 22 heavy (non-hydrogen) atoms. The third-order valence-corrected chi connectivity index (χ3v) is 4.23. The van der Waals surface area contributed by atoms with Gasteiger partial charge < -0.3 is 15.7 Å². The van der Waals surface area contributed by atoms with Crippen molar-refractivity contribution in [3.8, 4) is 0 Å². The second-order valence-corrected chi connectivity index (χ2v) is 7.63. The Labute approximate surface area is 155 Å². The van der Waals surface area contributed by atoms with E-state index in [0.717, 1.165) is 30.3 Å². The first-order valence-corrected chi connectivity index (χ1v) is 8.41. The van der Waals surface area contributed by atoms with Crippen LogP contribution in [0.2, 0.25) is 0 Å². The van der Waals surface area contributed by atoms with Crippen LogP contribution in [0.5, 0.6) is 0 Å². The zero-order valence-electron chi connectivity index (χ0n) is 14.3. The van der Waals surface area contributed by atoms with Crippen LogP contribution in [0.4, 0.5) is 0 Å². The fraction of sp³-hybridized carbons (Fsp3) is 0.688. The van der Waals surface area contributed by atoms with Crippen molar-refractivity contribution in [1.82, 2.24) is 10.6 Å². The first kappa shape index (κ1) is 21.7. The van der Waals surface area contributed by atoms with Crippen molar-refractivity contribution in [2.45, 2.75) is 46.6 Å². The van der Waals surface area contributed by atoms with Crippen molar-refractivity contribution in [2.24, 2.45) is 10.4 Å². The number of hydrogen-bond donors (Lipinski definition) is 3. The fourth-order valence-corrected chi connectivity index (χ4v) is 2.57. The van der Waals surface area contributed by atoms with Gasteiger partial charge in [-0.15, -0.1) is 35.3 Å². The molecule has 1 unspecified atom stereocenters. The highest BCUT2D eigenvalue weighted by molar-refractivity contribution is 14.0.